The normalized spacial score (nSPS) is 10.2. The molecular weight excluding hydrogens is 264 g/mol. The molecule has 0 fully saturated rings. The number of nitrogens with zero attached hydrogens (tertiary/aromatic N) is 2. The molecule has 0 bridgehead atoms. The first-order valence-electron chi connectivity index (χ1n) is 7.46. The minimum atomic E-state index is -0.776. The van der Waals surface area contributed by atoms with Gasteiger partial charge in [-0.25, -0.2) is 0 Å². The number of carboxylic acid groups (broad SMARTS) is 1. The predicted octanol–water partition coefficient (Wildman–Crippen LogP) is 3.31. The number of rotatable bonds is 9. The third kappa shape index (κ3) is 4.81. The maximum atomic E-state index is 10.8. The molecule has 4 nitrogen and oxygen atoms in total. The van der Waals surface area contributed by atoms with Crippen LogP contribution in [-0.2, 0) is 4.79 Å². The van der Waals surface area contributed by atoms with Gasteiger partial charge in [0, 0.05) is 37.6 Å². The van der Waals surface area contributed by atoms with E-state index in [0.717, 1.165) is 24.3 Å². The Balaban J connectivity index is 2.98. The van der Waals surface area contributed by atoms with Crippen LogP contribution in [0.1, 0.15) is 25.8 Å². The third-order valence-corrected chi connectivity index (χ3v) is 3.59. The number of aryl methyl sites for hydroxylation is 1. The zero-order chi connectivity index (χ0) is 15.8. The molecule has 0 aliphatic rings. The van der Waals surface area contributed by atoms with E-state index in [0.29, 0.717) is 13.1 Å². The standard InChI is InChI=1S/C17H26N2O2/c1-5-11-19(12-10-17(20)21)16-9-8-15(13-14(16)4)18(6-2)7-3/h5,8-9,13H,1,6-7,10-12H2,2-4H3,(H,20,21). The van der Waals surface area contributed by atoms with Crippen molar-refractivity contribution in [2.45, 2.75) is 27.2 Å². The first-order chi connectivity index (χ1) is 10.0. The van der Waals surface area contributed by atoms with Crippen molar-refractivity contribution in [3.05, 3.63) is 36.4 Å². The van der Waals surface area contributed by atoms with E-state index in [1.807, 2.05) is 0 Å². The van der Waals surface area contributed by atoms with Gasteiger partial charge in [0.15, 0.2) is 0 Å². The van der Waals surface area contributed by atoms with Crippen LogP contribution in [0, 0.1) is 6.92 Å². The monoisotopic (exact) mass is 290 g/mol. The van der Waals surface area contributed by atoms with Crippen LogP contribution in [0.4, 0.5) is 11.4 Å². The van der Waals surface area contributed by atoms with E-state index >= 15 is 0 Å². The van der Waals surface area contributed by atoms with Gasteiger partial charge in [-0.3, -0.25) is 4.79 Å². The van der Waals surface area contributed by atoms with Crippen molar-refractivity contribution in [1.82, 2.24) is 0 Å². The van der Waals surface area contributed by atoms with E-state index in [1.165, 1.54) is 5.69 Å². The minimum Gasteiger partial charge on any atom is -0.481 e. The molecule has 0 saturated carbocycles. The number of anilines is 2. The molecule has 0 atom stereocenters. The Morgan fingerprint density at radius 3 is 2.43 bits per heavy atom. The van der Waals surface area contributed by atoms with Gasteiger partial charge in [-0.15, -0.1) is 6.58 Å². The molecule has 0 saturated heterocycles. The zero-order valence-electron chi connectivity index (χ0n) is 13.3. The highest BCUT2D eigenvalue weighted by Gasteiger charge is 2.11. The van der Waals surface area contributed by atoms with Gasteiger partial charge in [0.25, 0.3) is 0 Å². The van der Waals surface area contributed by atoms with E-state index in [4.69, 9.17) is 5.11 Å². The second kappa shape index (κ2) is 8.35. The maximum absolute atomic E-state index is 10.8. The number of hydrogen-bond acceptors (Lipinski definition) is 3. The highest BCUT2D eigenvalue weighted by Crippen LogP contribution is 2.26. The summed E-state index contributed by atoms with van der Waals surface area (Å²) in [5, 5.41) is 8.87. The molecule has 1 aromatic carbocycles. The van der Waals surface area contributed by atoms with Crippen molar-refractivity contribution in [1.29, 1.82) is 0 Å². The Morgan fingerprint density at radius 2 is 1.95 bits per heavy atom. The van der Waals surface area contributed by atoms with Crippen LogP contribution in [0.2, 0.25) is 0 Å². The lowest BCUT2D eigenvalue weighted by atomic mass is 10.1. The Bertz CT molecular complexity index is 482. The zero-order valence-corrected chi connectivity index (χ0v) is 13.3. The molecule has 0 aliphatic heterocycles. The number of carboxylic acids is 1. The van der Waals surface area contributed by atoms with E-state index in [1.54, 1.807) is 6.08 Å². The third-order valence-electron chi connectivity index (χ3n) is 3.59. The summed E-state index contributed by atoms with van der Waals surface area (Å²) in [6.45, 7) is 13.2. The molecular formula is C17H26N2O2. The highest BCUT2D eigenvalue weighted by atomic mass is 16.4. The van der Waals surface area contributed by atoms with Crippen LogP contribution in [0.25, 0.3) is 0 Å². The SMILES string of the molecule is C=CCN(CCC(=O)O)c1ccc(N(CC)CC)cc1C. The highest BCUT2D eigenvalue weighted by molar-refractivity contribution is 5.68. The van der Waals surface area contributed by atoms with Crippen LogP contribution in [0.5, 0.6) is 0 Å². The molecule has 0 amide bonds. The molecule has 0 radical (unpaired) electrons. The fraction of sp³-hybridized carbons (Fsp3) is 0.471. The first-order valence-corrected chi connectivity index (χ1v) is 7.46. The van der Waals surface area contributed by atoms with Crippen molar-refractivity contribution in [2.24, 2.45) is 0 Å². The van der Waals surface area contributed by atoms with Crippen LogP contribution < -0.4 is 9.80 Å². The second-order valence-corrected chi connectivity index (χ2v) is 5.02. The van der Waals surface area contributed by atoms with Crippen LogP contribution in [-0.4, -0.2) is 37.3 Å². The Labute approximate surface area is 127 Å². The number of benzene rings is 1. The summed E-state index contributed by atoms with van der Waals surface area (Å²) in [5.74, 6) is -0.776. The molecule has 0 aliphatic carbocycles. The molecule has 116 valence electrons. The Hall–Kier alpha value is -1.97. The fourth-order valence-corrected chi connectivity index (χ4v) is 2.48. The van der Waals surface area contributed by atoms with Gasteiger partial charge in [0.05, 0.1) is 6.42 Å². The summed E-state index contributed by atoms with van der Waals surface area (Å²) in [5.41, 5.74) is 3.44. The largest absolute Gasteiger partial charge is 0.481 e. The van der Waals surface area contributed by atoms with Gasteiger partial charge >= 0.3 is 5.97 Å². The summed E-state index contributed by atoms with van der Waals surface area (Å²) in [6.07, 6.45) is 1.94. The Kier molecular flexibility index (Phi) is 6.79. The summed E-state index contributed by atoms with van der Waals surface area (Å²) in [4.78, 5) is 15.1. The molecule has 1 rings (SSSR count). The predicted molar refractivity (Wildman–Crippen MR) is 89.4 cm³/mol. The summed E-state index contributed by atoms with van der Waals surface area (Å²) < 4.78 is 0. The summed E-state index contributed by atoms with van der Waals surface area (Å²) >= 11 is 0. The lowest BCUT2D eigenvalue weighted by molar-refractivity contribution is -0.136. The molecule has 0 aromatic heterocycles. The van der Waals surface area contributed by atoms with Crippen molar-refractivity contribution >= 4 is 17.3 Å². The van der Waals surface area contributed by atoms with E-state index in [-0.39, 0.29) is 6.42 Å². The smallest absolute Gasteiger partial charge is 0.305 e. The van der Waals surface area contributed by atoms with Gasteiger partial charge < -0.3 is 14.9 Å². The molecule has 0 unspecified atom stereocenters. The van der Waals surface area contributed by atoms with Crippen molar-refractivity contribution in [3.8, 4) is 0 Å². The molecule has 4 heteroatoms. The van der Waals surface area contributed by atoms with Crippen molar-refractivity contribution in [2.75, 3.05) is 36.0 Å². The molecule has 0 spiro atoms. The second-order valence-electron chi connectivity index (χ2n) is 5.02. The van der Waals surface area contributed by atoms with Gasteiger partial charge in [-0.1, -0.05) is 6.08 Å². The van der Waals surface area contributed by atoms with Crippen LogP contribution in [0.3, 0.4) is 0 Å². The molecule has 1 N–H and O–H groups in total. The average molecular weight is 290 g/mol. The van der Waals surface area contributed by atoms with E-state index in [2.05, 4.69) is 55.3 Å². The minimum absolute atomic E-state index is 0.130. The topological polar surface area (TPSA) is 43.8 Å². The summed E-state index contributed by atoms with van der Waals surface area (Å²) in [6, 6.07) is 6.35. The Morgan fingerprint density at radius 1 is 1.29 bits per heavy atom. The van der Waals surface area contributed by atoms with Crippen LogP contribution in [0.15, 0.2) is 30.9 Å². The molecule has 1 aromatic rings. The number of aliphatic carboxylic acids is 1. The quantitative estimate of drug-likeness (QED) is 0.709. The van der Waals surface area contributed by atoms with Crippen LogP contribution >= 0.6 is 0 Å². The van der Waals surface area contributed by atoms with Crippen molar-refractivity contribution < 1.29 is 9.90 Å². The fourth-order valence-electron chi connectivity index (χ4n) is 2.48. The lowest BCUT2D eigenvalue weighted by Crippen LogP contribution is -2.27. The molecule has 0 heterocycles. The van der Waals surface area contributed by atoms with Gasteiger partial charge in [0.1, 0.15) is 0 Å². The van der Waals surface area contributed by atoms with E-state index in [9.17, 15) is 4.79 Å². The number of hydrogen-bond donors (Lipinski definition) is 1. The van der Waals surface area contributed by atoms with E-state index < -0.39 is 5.97 Å². The van der Waals surface area contributed by atoms with Gasteiger partial charge in [-0.05, 0) is 44.5 Å². The number of carbonyl (C=O) groups is 1. The lowest BCUT2D eigenvalue weighted by Gasteiger charge is -2.27. The first kappa shape index (κ1) is 17.1. The molecule has 21 heavy (non-hydrogen) atoms. The van der Waals surface area contributed by atoms with Crippen molar-refractivity contribution in [3.63, 3.8) is 0 Å². The summed E-state index contributed by atoms with van der Waals surface area (Å²) in [7, 11) is 0. The van der Waals surface area contributed by atoms with Gasteiger partial charge in [-0.2, -0.15) is 0 Å². The maximum Gasteiger partial charge on any atom is 0.305 e. The average Bonchev–Trinajstić information content (AvgIpc) is 2.45. The van der Waals surface area contributed by atoms with Gasteiger partial charge in [0.2, 0.25) is 0 Å².